The zero-order valence-electron chi connectivity index (χ0n) is 15.0. The Labute approximate surface area is 161 Å². The number of nitro benzene ring substituents is 1. The number of likely N-dealkylation sites (N-methyl/N-ethyl adjacent to an activating group) is 1. The van der Waals surface area contributed by atoms with Crippen LogP contribution >= 0.6 is 0 Å². The second-order valence-corrected chi connectivity index (χ2v) is 10.6. The molecule has 0 saturated carbocycles. The van der Waals surface area contributed by atoms with Crippen LogP contribution in [0, 0.1) is 10.1 Å². The topological polar surface area (TPSA) is 158 Å². The highest BCUT2D eigenvalue weighted by Gasteiger charge is 2.33. The van der Waals surface area contributed by atoms with Crippen LogP contribution in [0.3, 0.4) is 0 Å². The fourth-order valence-corrected chi connectivity index (χ4v) is 5.30. The summed E-state index contributed by atoms with van der Waals surface area (Å²) < 4.78 is 51.0. The molecule has 28 heavy (non-hydrogen) atoms. The third kappa shape index (κ3) is 5.04. The monoisotopic (exact) mass is 434 g/mol. The second-order valence-electron chi connectivity index (χ2n) is 6.35. The average molecular weight is 434 g/mol. The van der Waals surface area contributed by atoms with E-state index >= 15 is 0 Å². The Morgan fingerprint density at radius 1 is 1.36 bits per heavy atom. The summed E-state index contributed by atoms with van der Waals surface area (Å²) in [7, 11) is -5.68. The summed E-state index contributed by atoms with van der Waals surface area (Å²) in [6, 6.07) is 2.22. The van der Waals surface area contributed by atoms with Gasteiger partial charge in [-0.3, -0.25) is 14.9 Å². The van der Waals surface area contributed by atoms with E-state index in [0.29, 0.717) is 0 Å². The standard InChI is InChI=1S/C15H18N2O9S2/c1-16(11-5-6-28(24,25)9-11)14(18)8-26-15(19)10-3-4-13(27(2,22)23)12(7-10)17(20)21/h3-4,7,11H,5-6,8-9H2,1-2H3. The maximum atomic E-state index is 12.1. The lowest BCUT2D eigenvalue weighted by Crippen LogP contribution is -2.40. The van der Waals surface area contributed by atoms with E-state index in [0.717, 1.165) is 24.5 Å². The number of nitro groups is 1. The molecule has 0 aliphatic carbocycles. The molecule has 0 bridgehead atoms. The molecule has 1 unspecified atom stereocenters. The van der Waals surface area contributed by atoms with Gasteiger partial charge in [0.2, 0.25) is 0 Å². The molecule has 154 valence electrons. The van der Waals surface area contributed by atoms with Crippen molar-refractivity contribution in [3.63, 3.8) is 0 Å². The van der Waals surface area contributed by atoms with Crippen LogP contribution in [0.2, 0.25) is 0 Å². The fourth-order valence-electron chi connectivity index (χ4n) is 2.70. The molecule has 1 aliphatic heterocycles. The van der Waals surface area contributed by atoms with Gasteiger partial charge in [-0.15, -0.1) is 0 Å². The first-order valence-corrected chi connectivity index (χ1v) is 11.6. The molecule has 0 spiro atoms. The predicted molar refractivity (Wildman–Crippen MR) is 96.3 cm³/mol. The minimum atomic E-state index is -3.88. The molecule has 0 N–H and O–H groups in total. The minimum absolute atomic E-state index is 0.0224. The van der Waals surface area contributed by atoms with E-state index in [1.165, 1.54) is 11.9 Å². The summed E-state index contributed by atoms with van der Waals surface area (Å²) in [5.41, 5.74) is -1.07. The van der Waals surface area contributed by atoms with Gasteiger partial charge in [-0.05, 0) is 18.6 Å². The van der Waals surface area contributed by atoms with Gasteiger partial charge in [0.15, 0.2) is 26.3 Å². The summed E-state index contributed by atoms with van der Waals surface area (Å²) in [6.45, 7) is -0.687. The van der Waals surface area contributed by atoms with Crippen molar-refractivity contribution >= 4 is 37.2 Å². The van der Waals surface area contributed by atoms with Crippen LogP contribution in [-0.4, -0.2) is 76.0 Å². The number of ether oxygens (including phenoxy) is 1. The van der Waals surface area contributed by atoms with Gasteiger partial charge < -0.3 is 9.64 Å². The van der Waals surface area contributed by atoms with E-state index in [4.69, 9.17) is 4.74 Å². The van der Waals surface area contributed by atoms with E-state index < -0.39 is 59.7 Å². The van der Waals surface area contributed by atoms with Gasteiger partial charge in [0.05, 0.1) is 22.0 Å². The third-order valence-electron chi connectivity index (χ3n) is 4.27. The van der Waals surface area contributed by atoms with Gasteiger partial charge in [0, 0.05) is 25.4 Å². The molecule has 1 atom stereocenters. The number of esters is 1. The molecule has 1 aromatic rings. The molecule has 13 heteroatoms. The molecule has 1 aromatic carbocycles. The van der Waals surface area contributed by atoms with Crippen LogP contribution in [-0.2, 0) is 29.2 Å². The maximum Gasteiger partial charge on any atom is 0.338 e. The van der Waals surface area contributed by atoms with Crippen molar-refractivity contribution in [2.24, 2.45) is 0 Å². The molecular formula is C15H18N2O9S2. The first kappa shape index (κ1) is 21.8. The zero-order valence-corrected chi connectivity index (χ0v) is 16.7. The van der Waals surface area contributed by atoms with Crippen molar-refractivity contribution in [2.45, 2.75) is 17.4 Å². The number of hydrogen-bond donors (Lipinski definition) is 0. The Kier molecular flexibility index (Phi) is 6.09. The Balaban J connectivity index is 2.08. The van der Waals surface area contributed by atoms with Crippen molar-refractivity contribution in [3.05, 3.63) is 33.9 Å². The van der Waals surface area contributed by atoms with Gasteiger partial charge >= 0.3 is 5.97 Å². The largest absolute Gasteiger partial charge is 0.452 e. The molecule has 1 fully saturated rings. The van der Waals surface area contributed by atoms with Crippen molar-refractivity contribution in [1.82, 2.24) is 4.90 Å². The van der Waals surface area contributed by atoms with Crippen molar-refractivity contribution in [2.75, 3.05) is 31.4 Å². The lowest BCUT2D eigenvalue weighted by atomic mass is 10.2. The predicted octanol–water partition coefficient (Wildman–Crippen LogP) is -0.199. The van der Waals surface area contributed by atoms with E-state index in [-0.39, 0.29) is 23.5 Å². The summed E-state index contributed by atoms with van der Waals surface area (Å²) in [4.78, 5) is 35.0. The number of nitrogens with zero attached hydrogens (tertiary/aromatic N) is 2. The molecule has 2 rings (SSSR count). The number of sulfone groups is 2. The van der Waals surface area contributed by atoms with E-state index in [2.05, 4.69) is 0 Å². The minimum Gasteiger partial charge on any atom is -0.452 e. The lowest BCUT2D eigenvalue weighted by molar-refractivity contribution is -0.387. The smallest absolute Gasteiger partial charge is 0.338 e. The number of carbonyl (C=O) groups excluding carboxylic acids is 2. The number of amides is 1. The highest BCUT2D eigenvalue weighted by Crippen LogP contribution is 2.25. The first-order valence-electron chi connectivity index (χ1n) is 7.93. The lowest BCUT2D eigenvalue weighted by Gasteiger charge is -2.23. The zero-order chi connectivity index (χ0) is 21.3. The second kappa shape index (κ2) is 7.83. The highest BCUT2D eigenvalue weighted by molar-refractivity contribution is 7.91. The molecule has 1 amide bonds. The van der Waals surface area contributed by atoms with Crippen LogP contribution in [0.4, 0.5) is 5.69 Å². The van der Waals surface area contributed by atoms with Crippen molar-refractivity contribution < 1.29 is 36.1 Å². The molecular weight excluding hydrogens is 416 g/mol. The van der Waals surface area contributed by atoms with Crippen LogP contribution < -0.4 is 0 Å². The van der Waals surface area contributed by atoms with Gasteiger partial charge in [-0.1, -0.05) is 0 Å². The van der Waals surface area contributed by atoms with E-state index in [1.54, 1.807) is 0 Å². The Hall–Kier alpha value is -2.54. The summed E-state index contributed by atoms with van der Waals surface area (Å²) in [5.74, 6) is -1.87. The number of hydrogen-bond acceptors (Lipinski definition) is 9. The normalized spacial score (nSPS) is 18.4. The molecule has 11 nitrogen and oxygen atoms in total. The summed E-state index contributed by atoms with van der Waals surface area (Å²) in [6.07, 6.45) is 1.09. The third-order valence-corrected chi connectivity index (χ3v) is 7.16. The molecule has 1 heterocycles. The van der Waals surface area contributed by atoms with Gasteiger partial charge in [-0.2, -0.15) is 0 Å². The maximum absolute atomic E-state index is 12.1. The summed E-state index contributed by atoms with van der Waals surface area (Å²) >= 11 is 0. The molecule has 0 radical (unpaired) electrons. The average Bonchev–Trinajstić information content (AvgIpc) is 2.97. The van der Waals surface area contributed by atoms with Gasteiger partial charge in [0.1, 0.15) is 4.90 Å². The van der Waals surface area contributed by atoms with Crippen LogP contribution in [0.1, 0.15) is 16.8 Å². The van der Waals surface area contributed by atoms with Crippen LogP contribution in [0.25, 0.3) is 0 Å². The SMILES string of the molecule is CN(C(=O)COC(=O)c1ccc(S(C)(=O)=O)c([N+](=O)[O-])c1)C1CCS(=O)(=O)C1. The summed E-state index contributed by atoms with van der Waals surface area (Å²) in [5, 5.41) is 11.1. The molecule has 0 aromatic heterocycles. The van der Waals surface area contributed by atoms with Gasteiger partial charge in [0.25, 0.3) is 11.6 Å². The highest BCUT2D eigenvalue weighted by atomic mass is 32.2. The van der Waals surface area contributed by atoms with Crippen molar-refractivity contribution in [1.29, 1.82) is 0 Å². The van der Waals surface area contributed by atoms with Crippen LogP contribution in [0.5, 0.6) is 0 Å². The molecule has 1 aliphatic rings. The number of rotatable bonds is 6. The number of benzene rings is 1. The Morgan fingerprint density at radius 2 is 2.00 bits per heavy atom. The number of carbonyl (C=O) groups is 2. The quantitative estimate of drug-likeness (QED) is 0.336. The fraction of sp³-hybridized carbons (Fsp3) is 0.467. The van der Waals surface area contributed by atoms with E-state index in [9.17, 15) is 36.5 Å². The van der Waals surface area contributed by atoms with Gasteiger partial charge in [-0.25, -0.2) is 21.6 Å². The first-order chi connectivity index (χ1) is 12.8. The molecule has 1 saturated heterocycles. The van der Waals surface area contributed by atoms with E-state index in [1.807, 2.05) is 0 Å². The Bertz CT molecular complexity index is 1030. The Morgan fingerprint density at radius 3 is 2.50 bits per heavy atom. The van der Waals surface area contributed by atoms with Crippen LogP contribution in [0.15, 0.2) is 23.1 Å². The van der Waals surface area contributed by atoms with Crippen molar-refractivity contribution in [3.8, 4) is 0 Å².